The zero-order valence-corrected chi connectivity index (χ0v) is 14.5. The van der Waals surface area contributed by atoms with Crippen molar-refractivity contribution in [1.82, 2.24) is 9.88 Å². The maximum Gasteiger partial charge on any atom is 0.282 e. The van der Waals surface area contributed by atoms with Crippen LogP contribution in [0.25, 0.3) is 0 Å². The van der Waals surface area contributed by atoms with Crippen LogP contribution in [0.5, 0.6) is 0 Å². The number of amidine groups is 1. The summed E-state index contributed by atoms with van der Waals surface area (Å²) in [5.74, 6) is -2.53. The number of alkyl halides is 2. The molecule has 0 spiro atoms. The van der Waals surface area contributed by atoms with Crippen molar-refractivity contribution < 1.29 is 13.6 Å². The fraction of sp³-hybridized carbons (Fsp3) is 0.263. The van der Waals surface area contributed by atoms with Crippen molar-refractivity contribution in [2.45, 2.75) is 19.4 Å². The average Bonchev–Trinajstić information content (AvgIpc) is 3.02. The van der Waals surface area contributed by atoms with E-state index in [0.717, 1.165) is 11.1 Å². The van der Waals surface area contributed by atoms with Crippen LogP contribution in [0.15, 0.2) is 35.5 Å². The lowest BCUT2D eigenvalue weighted by atomic mass is 10.0. The van der Waals surface area contributed by atoms with E-state index >= 15 is 0 Å². The molecule has 3 heterocycles. The molecule has 0 saturated carbocycles. The minimum absolute atomic E-state index is 0.228. The first-order chi connectivity index (χ1) is 12.9. The van der Waals surface area contributed by atoms with E-state index < -0.39 is 11.8 Å². The molecule has 1 amide bonds. The molecule has 0 aliphatic carbocycles. The number of aryl methyl sites for hydroxylation is 1. The normalized spacial score (nSPS) is 16.8. The molecular formula is C19H15F2N5O. The SMILES string of the molecule is Cc1cc(C#N)cnc1C(=O)Nc1ccc2c(c1)C(N1CC(F)(F)C1)=NC2. The third kappa shape index (κ3) is 3.12. The van der Waals surface area contributed by atoms with Crippen LogP contribution in [0, 0.1) is 18.3 Å². The summed E-state index contributed by atoms with van der Waals surface area (Å²) in [6.45, 7) is 1.48. The molecule has 1 saturated heterocycles. The Bertz CT molecular complexity index is 1020. The number of aromatic nitrogens is 1. The molecule has 0 bridgehead atoms. The summed E-state index contributed by atoms with van der Waals surface area (Å²) < 4.78 is 26.3. The minimum atomic E-state index is -2.67. The number of hydrogen-bond acceptors (Lipinski definition) is 5. The first-order valence-electron chi connectivity index (χ1n) is 8.35. The van der Waals surface area contributed by atoms with E-state index in [1.54, 1.807) is 30.0 Å². The second-order valence-corrected chi connectivity index (χ2v) is 6.68. The number of likely N-dealkylation sites (tertiary alicyclic amines) is 1. The maximum atomic E-state index is 13.2. The van der Waals surface area contributed by atoms with Crippen molar-refractivity contribution in [2.75, 3.05) is 18.4 Å². The number of rotatable bonds is 2. The first-order valence-corrected chi connectivity index (χ1v) is 8.35. The Balaban J connectivity index is 1.54. The molecule has 0 unspecified atom stereocenters. The molecule has 4 rings (SSSR count). The van der Waals surface area contributed by atoms with Crippen LogP contribution in [0.4, 0.5) is 14.5 Å². The lowest BCUT2D eigenvalue weighted by molar-refractivity contribution is -0.101. The van der Waals surface area contributed by atoms with Gasteiger partial charge in [-0.1, -0.05) is 6.07 Å². The first kappa shape index (κ1) is 17.1. The predicted octanol–water partition coefficient (Wildman–Crippen LogP) is 2.73. The number of fused-ring (bicyclic) bond motifs is 1. The average molecular weight is 367 g/mol. The molecule has 2 aliphatic rings. The van der Waals surface area contributed by atoms with E-state index in [-0.39, 0.29) is 18.8 Å². The number of benzene rings is 1. The molecule has 1 aromatic carbocycles. The number of anilines is 1. The van der Waals surface area contributed by atoms with Crippen LogP contribution in [0.1, 0.15) is 32.7 Å². The van der Waals surface area contributed by atoms with E-state index in [2.05, 4.69) is 15.3 Å². The van der Waals surface area contributed by atoms with Gasteiger partial charge in [-0.15, -0.1) is 0 Å². The van der Waals surface area contributed by atoms with Gasteiger partial charge in [-0.2, -0.15) is 5.26 Å². The molecule has 136 valence electrons. The number of nitrogens with one attached hydrogen (secondary N) is 1. The molecule has 1 N–H and O–H groups in total. The Morgan fingerprint density at radius 3 is 2.78 bits per heavy atom. The molecular weight excluding hydrogens is 352 g/mol. The Hall–Kier alpha value is -3.34. The van der Waals surface area contributed by atoms with Gasteiger partial charge < -0.3 is 10.2 Å². The maximum absolute atomic E-state index is 13.2. The van der Waals surface area contributed by atoms with Crippen molar-refractivity contribution in [2.24, 2.45) is 4.99 Å². The number of carbonyl (C=O) groups excluding carboxylic acids is 1. The van der Waals surface area contributed by atoms with Crippen LogP contribution in [-0.4, -0.2) is 40.6 Å². The van der Waals surface area contributed by atoms with Gasteiger partial charge in [0.25, 0.3) is 11.8 Å². The molecule has 0 atom stereocenters. The van der Waals surface area contributed by atoms with E-state index in [0.29, 0.717) is 29.2 Å². The van der Waals surface area contributed by atoms with E-state index in [4.69, 9.17) is 5.26 Å². The summed E-state index contributed by atoms with van der Waals surface area (Å²) in [6, 6.07) is 8.90. The highest BCUT2D eigenvalue weighted by molar-refractivity contribution is 6.06. The monoisotopic (exact) mass is 367 g/mol. The van der Waals surface area contributed by atoms with E-state index in [9.17, 15) is 13.6 Å². The largest absolute Gasteiger partial charge is 0.344 e. The fourth-order valence-electron chi connectivity index (χ4n) is 3.24. The lowest BCUT2D eigenvalue weighted by Gasteiger charge is -2.40. The van der Waals surface area contributed by atoms with Gasteiger partial charge in [0.2, 0.25) is 0 Å². The van der Waals surface area contributed by atoms with Crippen molar-refractivity contribution in [3.63, 3.8) is 0 Å². The standard InChI is InChI=1S/C19H15F2N5O/c1-11-4-12(6-22)7-23-16(11)18(27)25-14-3-2-13-8-24-17(15(13)5-14)26-9-19(20,21)10-26/h2-5,7H,8-10H2,1H3,(H,25,27). The van der Waals surface area contributed by atoms with Gasteiger partial charge in [0.1, 0.15) is 17.6 Å². The number of amides is 1. The Kier molecular flexibility index (Phi) is 3.88. The Morgan fingerprint density at radius 1 is 1.33 bits per heavy atom. The number of carbonyl (C=O) groups is 1. The van der Waals surface area contributed by atoms with Gasteiger partial charge in [0.15, 0.2) is 0 Å². The number of halogens is 2. The number of hydrogen-bond donors (Lipinski definition) is 1. The summed E-state index contributed by atoms with van der Waals surface area (Å²) in [6.07, 6.45) is 1.35. The number of aliphatic imine (C=N–C) groups is 1. The summed E-state index contributed by atoms with van der Waals surface area (Å²) in [7, 11) is 0. The van der Waals surface area contributed by atoms with Crippen LogP contribution >= 0.6 is 0 Å². The highest BCUT2D eigenvalue weighted by atomic mass is 19.3. The highest BCUT2D eigenvalue weighted by Gasteiger charge is 2.46. The fourth-order valence-corrected chi connectivity index (χ4v) is 3.24. The third-order valence-corrected chi connectivity index (χ3v) is 4.57. The second-order valence-electron chi connectivity index (χ2n) is 6.68. The lowest BCUT2D eigenvalue weighted by Crippen LogP contribution is -2.58. The molecule has 6 nitrogen and oxygen atoms in total. The topological polar surface area (TPSA) is 81.4 Å². The van der Waals surface area contributed by atoms with Gasteiger partial charge in [-0.25, -0.2) is 13.8 Å². The summed E-state index contributed by atoms with van der Waals surface area (Å²) in [5.41, 5.74) is 3.43. The van der Waals surface area contributed by atoms with E-state index in [1.807, 2.05) is 12.1 Å². The van der Waals surface area contributed by atoms with Crippen molar-refractivity contribution in [3.8, 4) is 6.07 Å². The van der Waals surface area contributed by atoms with Gasteiger partial charge in [0, 0.05) is 17.4 Å². The third-order valence-electron chi connectivity index (χ3n) is 4.57. The summed E-state index contributed by atoms with van der Waals surface area (Å²) in [5, 5.41) is 11.7. The molecule has 8 heteroatoms. The van der Waals surface area contributed by atoms with Gasteiger partial charge in [-0.05, 0) is 36.2 Å². The Labute approximate surface area is 154 Å². The zero-order valence-electron chi connectivity index (χ0n) is 14.5. The zero-order chi connectivity index (χ0) is 19.2. The van der Waals surface area contributed by atoms with Crippen molar-refractivity contribution in [1.29, 1.82) is 5.26 Å². The van der Waals surface area contributed by atoms with Gasteiger partial charge in [0.05, 0.1) is 25.2 Å². The molecule has 2 aliphatic heterocycles. The minimum Gasteiger partial charge on any atom is -0.344 e. The van der Waals surface area contributed by atoms with E-state index in [1.165, 1.54) is 6.20 Å². The van der Waals surface area contributed by atoms with Crippen LogP contribution in [-0.2, 0) is 6.54 Å². The molecule has 1 fully saturated rings. The van der Waals surface area contributed by atoms with Crippen LogP contribution < -0.4 is 5.32 Å². The Morgan fingerprint density at radius 2 is 2.11 bits per heavy atom. The smallest absolute Gasteiger partial charge is 0.282 e. The van der Waals surface area contributed by atoms with Gasteiger partial charge in [-0.3, -0.25) is 9.79 Å². The summed E-state index contributed by atoms with van der Waals surface area (Å²) >= 11 is 0. The highest BCUT2D eigenvalue weighted by Crippen LogP contribution is 2.32. The van der Waals surface area contributed by atoms with Crippen LogP contribution in [0.3, 0.4) is 0 Å². The van der Waals surface area contributed by atoms with Crippen molar-refractivity contribution >= 4 is 17.4 Å². The number of nitriles is 1. The molecule has 0 radical (unpaired) electrons. The quantitative estimate of drug-likeness (QED) is 0.885. The second kappa shape index (κ2) is 6.13. The number of pyridine rings is 1. The number of nitrogens with zero attached hydrogens (tertiary/aromatic N) is 4. The van der Waals surface area contributed by atoms with Crippen LogP contribution in [0.2, 0.25) is 0 Å². The van der Waals surface area contributed by atoms with Crippen molar-refractivity contribution in [3.05, 3.63) is 58.4 Å². The predicted molar refractivity (Wildman–Crippen MR) is 94.8 cm³/mol. The molecule has 2 aromatic rings. The van der Waals surface area contributed by atoms with Gasteiger partial charge >= 0.3 is 0 Å². The summed E-state index contributed by atoms with van der Waals surface area (Å²) in [4.78, 5) is 22.5. The molecule has 27 heavy (non-hydrogen) atoms. The molecule has 1 aromatic heterocycles.